The number of rotatable bonds is 4. The van der Waals surface area contributed by atoms with Crippen LogP contribution in [0.5, 0.6) is 0 Å². The zero-order chi connectivity index (χ0) is 17.3. The molecule has 0 N–H and O–H groups in total. The summed E-state index contributed by atoms with van der Waals surface area (Å²) in [7, 11) is 3.78. The highest BCUT2D eigenvalue weighted by Gasteiger charge is 2.13. The molecule has 0 aliphatic rings. The van der Waals surface area contributed by atoms with Gasteiger partial charge in [0.1, 0.15) is 23.4 Å². The molecule has 0 bridgehead atoms. The molecular formula is C15H16ClN7O. The minimum absolute atomic E-state index is 0.207. The summed E-state index contributed by atoms with van der Waals surface area (Å²) in [5.41, 5.74) is 0.990. The third-order valence-corrected chi connectivity index (χ3v) is 3.78. The second-order valence-electron chi connectivity index (χ2n) is 5.46. The van der Waals surface area contributed by atoms with Crippen LogP contribution in [0.1, 0.15) is 13.1 Å². The van der Waals surface area contributed by atoms with Crippen molar-refractivity contribution in [3.63, 3.8) is 0 Å². The van der Waals surface area contributed by atoms with E-state index in [0.717, 1.165) is 5.82 Å². The van der Waals surface area contributed by atoms with Gasteiger partial charge >= 0.3 is 0 Å². The number of anilines is 1. The van der Waals surface area contributed by atoms with E-state index in [0.29, 0.717) is 16.4 Å². The number of pyridine rings is 1. The maximum absolute atomic E-state index is 12.0. The van der Waals surface area contributed by atoms with E-state index in [2.05, 4.69) is 20.3 Å². The lowest BCUT2D eigenvalue weighted by molar-refractivity contribution is 0.405. The summed E-state index contributed by atoms with van der Waals surface area (Å²) < 4.78 is 3.11. The lowest BCUT2D eigenvalue weighted by atomic mass is 10.3. The first-order chi connectivity index (χ1) is 11.5. The van der Waals surface area contributed by atoms with Crippen LogP contribution in [0.3, 0.4) is 0 Å². The van der Waals surface area contributed by atoms with Gasteiger partial charge in [-0.3, -0.25) is 14.3 Å². The standard InChI is InChI=1S/C15H16ClN7O/c1-10(22-5-4-11(16)6-15(22)24)23-9-13(19-20-23)12-7-17-8-14(18-12)21(2)3/h4-10H,1-3H3. The Labute approximate surface area is 143 Å². The van der Waals surface area contributed by atoms with Gasteiger partial charge in [0, 0.05) is 31.4 Å². The molecule has 8 nitrogen and oxygen atoms in total. The Balaban J connectivity index is 1.93. The minimum Gasteiger partial charge on any atom is -0.361 e. The van der Waals surface area contributed by atoms with E-state index in [4.69, 9.17) is 11.6 Å². The first kappa shape index (κ1) is 16.1. The molecule has 0 saturated heterocycles. The van der Waals surface area contributed by atoms with Crippen LogP contribution >= 0.6 is 11.6 Å². The van der Waals surface area contributed by atoms with Crippen LogP contribution in [-0.4, -0.2) is 43.6 Å². The van der Waals surface area contributed by atoms with E-state index in [9.17, 15) is 4.79 Å². The zero-order valence-electron chi connectivity index (χ0n) is 13.5. The van der Waals surface area contributed by atoms with Crippen molar-refractivity contribution in [2.45, 2.75) is 13.1 Å². The number of nitrogens with zero attached hydrogens (tertiary/aromatic N) is 7. The van der Waals surface area contributed by atoms with Crippen LogP contribution in [0.15, 0.2) is 41.7 Å². The second kappa shape index (κ2) is 6.40. The number of hydrogen-bond donors (Lipinski definition) is 0. The molecule has 0 radical (unpaired) electrons. The molecule has 0 fully saturated rings. The van der Waals surface area contributed by atoms with Crippen molar-refractivity contribution in [1.82, 2.24) is 29.5 Å². The van der Waals surface area contributed by atoms with Gasteiger partial charge in [-0.05, 0) is 13.0 Å². The fraction of sp³-hybridized carbons (Fsp3) is 0.267. The van der Waals surface area contributed by atoms with Crippen molar-refractivity contribution in [2.24, 2.45) is 0 Å². The monoisotopic (exact) mass is 345 g/mol. The minimum atomic E-state index is -0.346. The summed E-state index contributed by atoms with van der Waals surface area (Å²) >= 11 is 5.82. The average molecular weight is 346 g/mol. The van der Waals surface area contributed by atoms with Crippen LogP contribution in [0, 0.1) is 0 Å². The lowest BCUT2D eigenvalue weighted by Crippen LogP contribution is -2.26. The van der Waals surface area contributed by atoms with Crippen molar-refractivity contribution in [3.8, 4) is 11.4 Å². The lowest BCUT2D eigenvalue weighted by Gasteiger charge is -2.14. The fourth-order valence-electron chi connectivity index (χ4n) is 2.17. The molecule has 3 aromatic heterocycles. The Hall–Kier alpha value is -2.74. The van der Waals surface area contributed by atoms with Gasteiger partial charge in [0.05, 0.1) is 18.6 Å². The van der Waals surface area contributed by atoms with Gasteiger partial charge in [-0.1, -0.05) is 16.8 Å². The number of aromatic nitrogens is 6. The van der Waals surface area contributed by atoms with Gasteiger partial charge in [0.2, 0.25) is 0 Å². The van der Waals surface area contributed by atoms with Crippen LogP contribution in [0.4, 0.5) is 5.82 Å². The fourth-order valence-corrected chi connectivity index (χ4v) is 2.32. The second-order valence-corrected chi connectivity index (χ2v) is 5.90. The predicted molar refractivity (Wildman–Crippen MR) is 91.2 cm³/mol. The van der Waals surface area contributed by atoms with Crippen molar-refractivity contribution in [3.05, 3.63) is 52.3 Å². The van der Waals surface area contributed by atoms with Crippen LogP contribution in [0.25, 0.3) is 11.4 Å². The Morgan fingerprint density at radius 3 is 2.75 bits per heavy atom. The predicted octanol–water partition coefficient (Wildman–Crippen LogP) is 1.68. The summed E-state index contributed by atoms with van der Waals surface area (Å²) in [5.74, 6) is 0.726. The molecule has 1 unspecified atom stereocenters. The van der Waals surface area contributed by atoms with Gasteiger partial charge in [0.25, 0.3) is 5.56 Å². The molecule has 0 aliphatic carbocycles. The van der Waals surface area contributed by atoms with Gasteiger partial charge in [0.15, 0.2) is 0 Å². The summed E-state index contributed by atoms with van der Waals surface area (Å²) in [5, 5.41) is 8.63. The zero-order valence-corrected chi connectivity index (χ0v) is 14.2. The van der Waals surface area contributed by atoms with E-state index in [1.165, 1.54) is 10.6 Å². The van der Waals surface area contributed by atoms with Gasteiger partial charge in [-0.25, -0.2) is 9.67 Å². The number of hydrogen-bond acceptors (Lipinski definition) is 6. The topological polar surface area (TPSA) is 81.7 Å². The first-order valence-electron chi connectivity index (χ1n) is 7.25. The quantitative estimate of drug-likeness (QED) is 0.715. The normalized spacial score (nSPS) is 12.2. The van der Waals surface area contributed by atoms with E-state index in [1.807, 2.05) is 25.9 Å². The highest BCUT2D eigenvalue weighted by molar-refractivity contribution is 6.30. The molecule has 24 heavy (non-hydrogen) atoms. The maximum atomic E-state index is 12.0. The Morgan fingerprint density at radius 2 is 2.04 bits per heavy atom. The van der Waals surface area contributed by atoms with Gasteiger partial charge in [-0.2, -0.15) is 0 Å². The van der Waals surface area contributed by atoms with Crippen LogP contribution in [-0.2, 0) is 0 Å². The van der Waals surface area contributed by atoms with Crippen molar-refractivity contribution < 1.29 is 0 Å². The van der Waals surface area contributed by atoms with E-state index in [-0.39, 0.29) is 11.7 Å². The molecule has 3 rings (SSSR count). The van der Waals surface area contributed by atoms with E-state index in [1.54, 1.807) is 35.5 Å². The Kier molecular flexibility index (Phi) is 4.30. The smallest absolute Gasteiger partial charge is 0.253 e. The first-order valence-corrected chi connectivity index (χ1v) is 7.63. The van der Waals surface area contributed by atoms with Gasteiger partial charge < -0.3 is 4.90 Å². The van der Waals surface area contributed by atoms with E-state index >= 15 is 0 Å². The molecule has 124 valence electrons. The summed E-state index contributed by atoms with van der Waals surface area (Å²) in [6.07, 6.45) is 6.31. The van der Waals surface area contributed by atoms with E-state index < -0.39 is 0 Å². The molecule has 0 spiro atoms. The van der Waals surface area contributed by atoms with Crippen molar-refractivity contribution in [2.75, 3.05) is 19.0 Å². The molecule has 0 amide bonds. The van der Waals surface area contributed by atoms with Crippen molar-refractivity contribution >= 4 is 17.4 Å². The highest BCUT2D eigenvalue weighted by atomic mass is 35.5. The largest absolute Gasteiger partial charge is 0.361 e. The molecule has 0 aliphatic heterocycles. The van der Waals surface area contributed by atoms with Crippen molar-refractivity contribution in [1.29, 1.82) is 0 Å². The SMILES string of the molecule is CC(n1cc(-c2cncc(N(C)C)n2)nn1)n1ccc(Cl)cc1=O. The highest BCUT2D eigenvalue weighted by Crippen LogP contribution is 2.17. The molecule has 0 saturated carbocycles. The molecule has 3 aromatic rings. The summed E-state index contributed by atoms with van der Waals surface area (Å²) in [4.78, 5) is 22.5. The summed E-state index contributed by atoms with van der Waals surface area (Å²) in [6, 6.07) is 3.02. The molecule has 1 atom stereocenters. The van der Waals surface area contributed by atoms with Crippen LogP contribution in [0.2, 0.25) is 5.02 Å². The Bertz CT molecular complexity index is 918. The third kappa shape index (κ3) is 3.13. The van der Waals surface area contributed by atoms with Crippen LogP contribution < -0.4 is 10.5 Å². The molecule has 3 heterocycles. The third-order valence-electron chi connectivity index (χ3n) is 3.55. The van der Waals surface area contributed by atoms with Gasteiger partial charge in [-0.15, -0.1) is 5.10 Å². The number of halogens is 1. The molecule has 9 heteroatoms. The molecule has 0 aromatic carbocycles. The average Bonchev–Trinajstić information content (AvgIpc) is 3.04. The summed E-state index contributed by atoms with van der Waals surface area (Å²) in [6.45, 7) is 1.84. The maximum Gasteiger partial charge on any atom is 0.253 e. The molecular weight excluding hydrogens is 330 g/mol. The Morgan fingerprint density at radius 1 is 1.25 bits per heavy atom.